The van der Waals surface area contributed by atoms with Crippen molar-refractivity contribution in [1.29, 1.82) is 0 Å². The molecule has 0 aromatic heterocycles. The molecule has 1 spiro atoms. The highest BCUT2D eigenvalue weighted by molar-refractivity contribution is 6.01. The van der Waals surface area contributed by atoms with Crippen LogP contribution in [0.5, 0.6) is 5.75 Å². The van der Waals surface area contributed by atoms with Crippen molar-refractivity contribution in [2.75, 3.05) is 56.2 Å². The van der Waals surface area contributed by atoms with Crippen LogP contribution < -0.4 is 26.0 Å². The van der Waals surface area contributed by atoms with Gasteiger partial charge >= 0.3 is 6.09 Å². The number of carbonyl (C=O) groups excluding carboxylic acids is 3. The molecule has 3 fully saturated rings. The molecule has 0 radical (unpaired) electrons. The van der Waals surface area contributed by atoms with Gasteiger partial charge in [0.1, 0.15) is 5.75 Å². The second-order valence-corrected chi connectivity index (χ2v) is 10.2. The fraction of sp³-hybridized carbons (Fsp3) is 0.414. The molecule has 3 aliphatic heterocycles. The number of amides is 3. The van der Waals surface area contributed by atoms with Crippen LogP contribution in [0.1, 0.15) is 41.6 Å². The maximum absolute atomic E-state index is 13.7. The minimum absolute atomic E-state index is 0.0658. The summed E-state index contributed by atoms with van der Waals surface area (Å²) in [7, 11) is 1.59. The standard InChI is InChI=1S/C29H35N5O5/c1-38-25-17-23(7-8-24(25)21(18-30)19-31)33-15-11-29(27(33)36)9-13-32(14-10-29)26(35)20-3-5-22(6-4-20)34-12-2-16-39-28(34)37/h3-8,17-18H,2,9-16,19,30-31H2,1H3/b21-18+. The van der Waals surface area contributed by atoms with Crippen LogP contribution in [0.4, 0.5) is 16.2 Å². The van der Waals surface area contributed by atoms with E-state index in [9.17, 15) is 14.4 Å². The smallest absolute Gasteiger partial charge is 0.414 e. The highest BCUT2D eigenvalue weighted by Gasteiger charge is 2.49. The molecule has 3 aliphatic rings. The number of hydrogen-bond acceptors (Lipinski definition) is 7. The van der Waals surface area contributed by atoms with Gasteiger partial charge in [0.25, 0.3) is 5.91 Å². The number of methoxy groups -OCH3 is 1. The Morgan fingerprint density at radius 1 is 1.00 bits per heavy atom. The number of anilines is 2. The fourth-order valence-electron chi connectivity index (χ4n) is 5.80. The minimum atomic E-state index is -0.471. The number of hydrogen-bond donors (Lipinski definition) is 2. The topological polar surface area (TPSA) is 131 Å². The number of rotatable bonds is 6. The highest BCUT2D eigenvalue weighted by atomic mass is 16.6. The Bertz CT molecular complexity index is 1280. The van der Waals surface area contributed by atoms with Crippen molar-refractivity contribution in [3.05, 3.63) is 59.8 Å². The van der Waals surface area contributed by atoms with Crippen molar-refractivity contribution in [3.63, 3.8) is 0 Å². The van der Waals surface area contributed by atoms with E-state index in [0.717, 1.165) is 29.7 Å². The maximum Gasteiger partial charge on any atom is 0.414 e. The molecular formula is C29H35N5O5. The molecule has 206 valence electrons. The van der Waals surface area contributed by atoms with E-state index < -0.39 is 5.41 Å². The molecule has 39 heavy (non-hydrogen) atoms. The van der Waals surface area contributed by atoms with Crippen LogP contribution in [0.25, 0.3) is 5.57 Å². The number of carbonyl (C=O) groups is 3. The molecule has 3 heterocycles. The van der Waals surface area contributed by atoms with Crippen molar-refractivity contribution in [3.8, 4) is 5.75 Å². The van der Waals surface area contributed by atoms with Gasteiger partial charge in [-0.25, -0.2) is 4.79 Å². The third-order valence-corrected chi connectivity index (χ3v) is 8.18. The SMILES string of the molecule is COc1cc(N2CCC3(CCN(C(=O)c4ccc(N5CCCOC5=O)cc4)CC3)C2=O)ccc1/C(=C/N)CN. The summed E-state index contributed by atoms with van der Waals surface area (Å²) in [5, 5.41) is 0. The van der Waals surface area contributed by atoms with Gasteiger partial charge in [-0.1, -0.05) is 0 Å². The van der Waals surface area contributed by atoms with E-state index in [4.69, 9.17) is 20.9 Å². The third kappa shape index (κ3) is 4.92. The molecule has 3 amide bonds. The van der Waals surface area contributed by atoms with Crippen LogP contribution >= 0.6 is 0 Å². The summed E-state index contributed by atoms with van der Waals surface area (Å²) in [6, 6.07) is 12.7. The van der Waals surface area contributed by atoms with Crippen LogP contribution in [0.15, 0.2) is 48.7 Å². The second-order valence-electron chi connectivity index (χ2n) is 10.2. The number of likely N-dealkylation sites (tertiary alicyclic amines) is 1. The van der Waals surface area contributed by atoms with Gasteiger partial charge in [0.05, 0.1) is 19.1 Å². The molecule has 0 atom stereocenters. The molecule has 2 aromatic carbocycles. The lowest BCUT2D eigenvalue weighted by Crippen LogP contribution is -2.46. The van der Waals surface area contributed by atoms with Crippen molar-refractivity contribution in [2.24, 2.45) is 16.9 Å². The summed E-state index contributed by atoms with van der Waals surface area (Å²) in [5.74, 6) is 0.645. The van der Waals surface area contributed by atoms with Crippen molar-refractivity contribution >= 4 is 34.9 Å². The van der Waals surface area contributed by atoms with Crippen molar-refractivity contribution < 1.29 is 23.9 Å². The van der Waals surface area contributed by atoms with E-state index >= 15 is 0 Å². The number of benzene rings is 2. The van der Waals surface area contributed by atoms with Gasteiger partial charge in [-0.05, 0) is 73.9 Å². The van der Waals surface area contributed by atoms with Gasteiger partial charge in [0, 0.05) is 61.3 Å². The van der Waals surface area contributed by atoms with Crippen molar-refractivity contribution in [1.82, 2.24) is 4.90 Å². The van der Waals surface area contributed by atoms with Gasteiger partial charge < -0.3 is 30.7 Å². The Balaban J connectivity index is 1.23. The van der Waals surface area contributed by atoms with Crippen LogP contribution in [-0.2, 0) is 9.53 Å². The Labute approximate surface area is 228 Å². The predicted molar refractivity (Wildman–Crippen MR) is 149 cm³/mol. The van der Waals surface area contributed by atoms with E-state index in [-0.39, 0.29) is 24.5 Å². The molecular weight excluding hydrogens is 498 g/mol. The lowest BCUT2D eigenvalue weighted by atomic mass is 9.77. The quantitative estimate of drug-likeness (QED) is 0.584. The number of cyclic esters (lactones) is 1. The normalized spacial score (nSPS) is 19.4. The number of nitrogens with zero attached hydrogens (tertiary/aromatic N) is 3. The first-order valence-electron chi connectivity index (χ1n) is 13.4. The highest BCUT2D eigenvalue weighted by Crippen LogP contribution is 2.44. The molecule has 0 aliphatic carbocycles. The van der Waals surface area contributed by atoms with E-state index in [1.165, 1.54) is 6.20 Å². The lowest BCUT2D eigenvalue weighted by molar-refractivity contribution is -0.127. The molecule has 2 aromatic rings. The molecule has 4 N–H and O–H groups in total. The fourth-order valence-corrected chi connectivity index (χ4v) is 5.80. The number of nitrogens with two attached hydrogens (primary N) is 2. The van der Waals surface area contributed by atoms with E-state index in [1.54, 1.807) is 36.3 Å². The second kappa shape index (κ2) is 11.0. The molecule has 5 rings (SSSR count). The van der Waals surface area contributed by atoms with E-state index in [1.807, 2.05) is 28.0 Å². The van der Waals surface area contributed by atoms with Crippen LogP contribution in [0, 0.1) is 5.41 Å². The Morgan fingerprint density at radius 3 is 2.33 bits per heavy atom. The molecule has 3 saturated heterocycles. The van der Waals surface area contributed by atoms with Gasteiger partial charge in [0.15, 0.2) is 0 Å². The van der Waals surface area contributed by atoms with Crippen molar-refractivity contribution in [2.45, 2.75) is 25.7 Å². The van der Waals surface area contributed by atoms with E-state index in [0.29, 0.717) is 62.6 Å². The molecule has 0 saturated carbocycles. The molecule has 10 nitrogen and oxygen atoms in total. The summed E-state index contributed by atoms with van der Waals surface area (Å²) >= 11 is 0. The zero-order chi connectivity index (χ0) is 27.6. The summed E-state index contributed by atoms with van der Waals surface area (Å²) < 4.78 is 10.7. The first-order chi connectivity index (χ1) is 18.9. The average Bonchev–Trinajstić information content (AvgIpc) is 3.29. The monoisotopic (exact) mass is 533 g/mol. The van der Waals surface area contributed by atoms with E-state index in [2.05, 4.69) is 0 Å². The first-order valence-corrected chi connectivity index (χ1v) is 13.4. The predicted octanol–water partition coefficient (Wildman–Crippen LogP) is 2.96. The Morgan fingerprint density at radius 2 is 1.69 bits per heavy atom. The average molecular weight is 534 g/mol. The third-order valence-electron chi connectivity index (χ3n) is 8.18. The van der Waals surface area contributed by atoms with Gasteiger partial charge in [-0.2, -0.15) is 0 Å². The van der Waals surface area contributed by atoms with Crippen LogP contribution in [-0.4, -0.2) is 69.2 Å². The van der Waals surface area contributed by atoms with Gasteiger partial charge in [0.2, 0.25) is 5.91 Å². The largest absolute Gasteiger partial charge is 0.496 e. The van der Waals surface area contributed by atoms with Gasteiger partial charge in [-0.3, -0.25) is 14.5 Å². The molecule has 0 bridgehead atoms. The zero-order valence-electron chi connectivity index (χ0n) is 22.2. The number of piperidine rings is 1. The van der Waals surface area contributed by atoms with Gasteiger partial charge in [-0.15, -0.1) is 0 Å². The minimum Gasteiger partial charge on any atom is -0.496 e. The lowest BCUT2D eigenvalue weighted by Gasteiger charge is -2.38. The summed E-state index contributed by atoms with van der Waals surface area (Å²) in [4.78, 5) is 44.1. The number of ether oxygens (including phenoxy) is 2. The first kappa shape index (κ1) is 26.6. The Hall–Kier alpha value is -4.05. The van der Waals surface area contributed by atoms with Crippen LogP contribution in [0.2, 0.25) is 0 Å². The molecule has 10 heteroatoms. The molecule has 0 unspecified atom stereocenters. The summed E-state index contributed by atoms with van der Waals surface area (Å²) in [5.41, 5.74) is 14.7. The van der Waals surface area contributed by atoms with Crippen LogP contribution in [0.3, 0.4) is 0 Å². The zero-order valence-corrected chi connectivity index (χ0v) is 22.2. The summed E-state index contributed by atoms with van der Waals surface area (Å²) in [6.07, 6.45) is 3.87. The Kier molecular flexibility index (Phi) is 7.47. The maximum atomic E-state index is 13.7. The summed E-state index contributed by atoms with van der Waals surface area (Å²) in [6.45, 7) is 2.97.